The first-order chi connectivity index (χ1) is 12.1. The van der Waals surface area contributed by atoms with Crippen LogP contribution >= 0.6 is 0 Å². The molecule has 4 rings (SSSR count). The van der Waals surface area contributed by atoms with Crippen molar-refractivity contribution in [1.82, 2.24) is 10.9 Å². The third kappa shape index (κ3) is 2.88. The number of carbonyl (C=O) groups excluding carboxylic acids is 1. The first-order valence-corrected chi connectivity index (χ1v) is 8.13. The highest BCUT2D eigenvalue weighted by Crippen LogP contribution is 2.45. The Labute approximate surface area is 144 Å². The van der Waals surface area contributed by atoms with E-state index < -0.39 is 11.2 Å². The van der Waals surface area contributed by atoms with Crippen LogP contribution < -0.4 is 10.9 Å². The first-order valence-electron chi connectivity index (χ1n) is 8.13. The summed E-state index contributed by atoms with van der Waals surface area (Å²) in [6, 6.07) is 16.2. The maximum atomic E-state index is 12.0. The Morgan fingerprint density at radius 2 is 1.80 bits per heavy atom. The van der Waals surface area contributed by atoms with Crippen molar-refractivity contribution in [2.75, 3.05) is 0 Å². The number of hydrazine groups is 1. The van der Waals surface area contributed by atoms with Gasteiger partial charge in [-0.3, -0.25) is 14.9 Å². The van der Waals surface area contributed by atoms with Crippen LogP contribution in [-0.2, 0) is 9.53 Å². The van der Waals surface area contributed by atoms with Crippen LogP contribution in [-0.4, -0.2) is 17.1 Å². The fraction of sp³-hybridized carbons (Fsp3) is 0.278. The van der Waals surface area contributed by atoms with E-state index in [0.717, 1.165) is 11.1 Å². The maximum Gasteiger partial charge on any atom is 0.308 e. The van der Waals surface area contributed by atoms with Gasteiger partial charge in [-0.1, -0.05) is 42.5 Å². The number of hydrogen-bond acceptors (Lipinski definition) is 6. The van der Waals surface area contributed by atoms with Crippen molar-refractivity contribution in [2.45, 2.75) is 24.6 Å². The predicted molar refractivity (Wildman–Crippen MR) is 89.3 cm³/mol. The second-order valence-electron chi connectivity index (χ2n) is 6.33. The van der Waals surface area contributed by atoms with Gasteiger partial charge in [0.05, 0.1) is 17.4 Å². The minimum atomic E-state index is -0.462. The van der Waals surface area contributed by atoms with E-state index in [2.05, 4.69) is 10.9 Å². The number of non-ortho nitro benzene ring substituents is 1. The number of esters is 1. The Kier molecular flexibility index (Phi) is 3.95. The maximum absolute atomic E-state index is 12.0. The topological polar surface area (TPSA) is 93.5 Å². The molecule has 4 atom stereocenters. The van der Waals surface area contributed by atoms with Gasteiger partial charge in [-0.15, -0.1) is 0 Å². The van der Waals surface area contributed by atoms with Crippen LogP contribution in [0.15, 0.2) is 54.6 Å². The van der Waals surface area contributed by atoms with E-state index >= 15 is 0 Å². The normalized spacial score (nSPS) is 28.2. The Morgan fingerprint density at radius 3 is 2.56 bits per heavy atom. The molecule has 25 heavy (non-hydrogen) atoms. The molecular weight excluding hydrogens is 322 g/mol. The molecular formula is C18H17N3O4. The van der Waals surface area contributed by atoms with Crippen LogP contribution in [0.3, 0.4) is 0 Å². The van der Waals surface area contributed by atoms with Crippen LogP contribution in [0.4, 0.5) is 5.69 Å². The summed E-state index contributed by atoms with van der Waals surface area (Å²) in [5.41, 5.74) is 8.09. The standard InChI is InChI=1S/C18H17N3O4/c22-15-10-14(11-5-2-1-3-6-11)16-17(19-20-18(16)25-15)12-7-4-8-13(9-12)21(23)24/h1-9,14,16-20H,10H2. The number of ether oxygens (including phenoxy) is 1. The van der Waals surface area contributed by atoms with E-state index in [1.165, 1.54) is 6.07 Å². The van der Waals surface area contributed by atoms with Gasteiger partial charge in [0.15, 0.2) is 6.23 Å². The third-order valence-corrected chi connectivity index (χ3v) is 4.89. The molecule has 2 aromatic carbocycles. The number of benzene rings is 2. The molecule has 2 aliphatic heterocycles. The van der Waals surface area contributed by atoms with Crippen molar-refractivity contribution >= 4 is 11.7 Å². The largest absolute Gasteiger partial charge is 0.445 e. The molecule has 2 aromatic rings. The number of rotatable bonds is 3. The average Bonchev–Trinajstić information content (AvgIpc) is 3.05. The molecule has 0 amide bonds. The van der Waals surface area contributed by atoms with Crippen molar-refractivity contribution in [3.8, 4) is 0 Å². The van der Waals surface area contributed by atoms with E-state index in [1.54, 1.807) is 12.1 Å². The molecule has 7 nitrogen and oxygen atoms in total. The summed E-state index contributed by atoms with van der Waals surface area (Å²) >= 11 is 0. The third-order valence-electron chi connectivity index (χ3n) is 4.89. The van der Waals surface area contributed by atoms with Crippen LogP contribution in [0, 0.1) is 16.0 Å². The molecule has 0 aromatic heterocycles. The van der Waals surface area contributed by atoms with Gasteiger partial charge in [0.25, 0.3) is 5.69 Å². The fourth-order valence-corrected chi connectivity index (χ4v) is 3.77. The highest BCUT2D eigenvalue weighted by Gasteiger charge is 2.48. The van der Waals surface area contributed by atoms with E-state index in [9.17, 15) is 14.9 Å². The number of nitro benzene ring substituents is 1. The predicted octanol–water partition coefficient (Wildman–Crippen LogP) is 2.42. The van der Waals surface area contributed by atoms with Gasteiger partial charge >= 0.3 is 5.97 Å². The summed E-state index contributed by atoms with van der Waals surface area (Å²) in [6.07, 6.45) is -0.171. The van der Waals surface area contributed by atoms with Gasteiger partial charge in [-0.05, 0) is 11.1 Å². The van der Waals surface area contributed by atoms with E-state index in [0.29, 0.717) is 6.42 Å². The van der Waals surface area contributed by atoms with Gasteiger partial charge in [-0.25, -0.2) is 10.9 Å². The van der Waals surface area contributed by atoms with Gasteiger partial charge in [0.2, 0.25) is 0 Å². The van der Waals surface area contributed by atoms with Crippen molar-refractivity contribution < 1.29 is 14.5 Å². The molecule has 2 fully saturated rings. The zero-order chi connectivity index (χ0) is 17.4. The minimum absolute atomic E-state index is 0.0285. The number of nitro groups is 1. The first kappa shape index (κ1) is 15.7. The fourth-order valence-electron chi connectivity index (χ4n) is 3.77. The molecule has 0 bridgehead atoms. The lowest BCUT2D eigenvalue weighted by Crippen LogP contribution is -2.42. The molecule has 2 N–H and O–H groups in total. The molecule has 4 unspecified atom stereocenters. The van der Waals surface area contributed by atoms with Crippen LogP contribution in [0.2, 0.25) is 0 Å². The van der Waals surface area contributed by atoms with Gasteiger partial charge < -0.3 is 4.74 Å². The van der Waals surface area contributed by atoms with Crippen molar-refractivity contribution in [3.05, 3.63) is 75.8 Å². The lowest BCUT2D eigenvalue weighted by atomic mass is 9.76. The van der Waals surface area contributed by atoms with Crippen LogP contribution in [0.1, 0.15) is 29.5 Å². The lowest BCUT2D eigenvalue weighted by molar-refractivity contribution is -0.384. The summed E-state index contributed by atoms with van der Waals surface area (Å²) in [4.78, 5) is 22.7. The van der Waals surface area contributed by atoms with E-state index in [-0.39, 0.29) is 29.5 Å². The zero-order valence-electron chi connectivity index (χ0n) is 13.3. The molecule has 2 heterocycles. The van der Waals surface area contributed by atoms with Crippen molar-refractivity contribution in [1.29, 1.82) is 0 Å². The zero-order valence-corrected chi connectivity index (χ0v) is 13.3. The highest BCUT2D eigenvalue weighted by atomic mass is 16.6. The molecule has 128 valence electrons. The molecule has 0 saturated carbocycles. The molecule has 0 aliphatic carbocycles. The molecule has 0 radical (unpaired) electrons. The van der Waals surface area contributed by atoms with Crippen LogP contribution in [0.25, 0.3) is 0 Å². The summed E-state index contributed by atoms with van der Waals surface area (Å²) in [7, 11) is 0. The number of fused-ring (bicyclic) bond motifs is 1. The smallest absolute Gasteiger partial charge is 0.308 e. The summed E-state index contributed by atoms with van der Waals surface area (Å²) < 4.78 is 5.44. The lowest BCUT2D eigenvalue weighted by Gasteiger charge is -2.35. The number of nitrogens with zero attached hydrogens (tertiary/aromatic N) is 1. The molecule has 2 saturated heterocycles. The van der Waals surface area contributed by atoms with E-state index in [1.807, 2.05) is 36.4 Å². The van der Waals surface area contributed by atoms with Crippen LogP contribution in [0.5, 0.6) is 0 Å². The number of nitrogens with one attached hydrogen (secondary N) is 2. The van der Waals surface area contributed by atoms with Gasteiger partial charge in [-0.2, -0.15) is 0 Å². The minimum Gasteiger partial charge on any atom is -0.445 e. The van der Waals surface area contributed by atoms with Gasteiger partial charge in [0.1, 0.15) is 0 Å². The second kappa shape index (κ2) is 6.27. The second-order valence-corrected chi connectivity index (χ2v) is 6.33. The van der Waals surface area contributed by atoms with Gasteiger partial charge in [0, 0.05) is 24.0 Å². The Hall–Kier alpha value is -2.77. The summed E-state index contributed by atoms with van der Waals surface area (Å²) in [5.74, 6) is -0.328. The van der Waals surface area contributed by atoms with Crippen molar-refractivity contribution in [2.24, 2.45) is 5.92 Å². The average molecular weight is 339 g/mol. The summed E-state index contributed by atoms with van der Waals surface area (Å²) in [5, 5.41) is 11.1. The Bertz CT molecular complexity index is 811. The Balaban J connectivity index is 1.71. The quantitative estimate of drug-likeness (QED) is 0.507. The molecule has 0 spiro atoms. The SMILES string of the molecule is O=C1CC(c2ccccc2)C2C(NNC2c2cccc([N+](=O)[O-])c2)O1. The molecule has 2 aliphatic rings. The number of hydrogen-bond donors (Lipinski definition) is 2. The number of carbonyl (C=O) groups is 1. The van der Waals surface area contributed by atoms with Crippen molar-refractivity contribution in [3.63, 3.8) is 0 Å². The highest BCUT2D eigenvalue weighted by molar-refractivity contribution is 5.72. The summed E-state index contributed by atoms with van der Waals surface area (Å²) in [6.45, 7) is 0. The van der Waals surface area contributed by atoms with E-state index in [4.69, 9.17) is 4.74 Å². The molecule has 7 heteroatoms. The Morgan fingerprint density at radius 1 is 1.04 bits per heavy atom. The monoisotopic (exact) mass is 339 g/mol.